The fourth-order valence-corrected chi connectivity index (χ4v) is 2.78. The van der Waals surface area contributed by atoms with Crippen LogP contribution in [0.25, 0.3) is 0 Å². The zero-order valence-corrected chi connectivity index (χ0v) is 10.2. The van der Waals surface area contributed by atoms with E-state index in [0.717, 1.165) is 25.8 Å². The van der Waals surface area contributed by atoms with Gasteiger partial charge in [0.25, 0.3) is 0 Å². The van der Waals surface area contributed by atoms with Crippen LogP contribution in [0.5, 0.6) is 0 Å². The number of nitrogens with two attached hydrogens (primary N) is 1. The summed E-state index contributed by atoms with van der Waals surface area (Å²) in [6.07, 6.45) is 5.27. The van der Waals surface area contributed by atoms with E-state index in [4.69, 9.17) is 5.73 Å². The number of rotatable bonds is 3. The molecular weight excluding hydrogens is 218 g/mol. The van der Waals surface area contributed by atoms with Gasteiger partial charge in [0, 0.05) is 19.0 Å². The van der Waals surface area contributed by atoms with Crippen LogP contribution in [0.15, 0.2) is 0 Å². The van der Waals surface area contributed by atoms with Crippen LogP contribution >= 0.6 is 0 Å². The number of amides is 2. The van der Waals surface area contributed by atoms with Crippen LogP contribution in [0.3, 0.4) is 0 Å². The lowest BCUT2D eigenvalue weighted by molar-refractivity contribution is -0.137. The highest BCUT2D eigenvalue weighted by molar-refractivity contribution is 5.91. The third kappa shape index (κ3) is 2.77. The summed E-state index contributed by atoms with van der Waals surface area (Å²) in [5, 5.41) is 2.75. The van der Waals surface area contributed by atoms with Gasteiger partial charge < -0.3 is 16.0 Å². The van der Waals surface area contributed by atoms with Gasteiger partial charge in [-0.15, -0.1) is 0 Å². The lowest BCUT2D eigenvalue weighted by atomic mass is 9.98. The van der Waals surface area contributed by atoms with Gasteiger partial charge in [-0.3, -0.25) is 9.59 Å². The topological polar surface area (TPSA) is 75.4 Å². The standard InChI is InChI=1S/C12H21N3O2/c13-7-6-9-3-1-2-8-15(9)12(17)10-4-5-11(16)14-10/h9-10H,1-8,13H2,(H,14,16)/t9?,10-/m1/s1. The first-order chi connectivity index (χ1) is 8.22. The number of nitrogens with zero attached hydrogens (tertiary/aromatic N) is 1. The predicted molar refractivity (Wildman–Crippen MR) is 64.2 cm³/mol. The summed E-state index contributed by atoms with van der Waals surface area (Å²) in [4.78, 5) is 25.4. The number of hydrogen-bond donors (Lipinski definition) is 2. The van der Waals surface area contributed by atoms with Crippen LogP contribution < -0.4 is 11.1 Å². The molecule has 0 spiro atoms. The van der Waals surface area contributed by atoms with Gasteiger partial charge in [-0.2, -0.15) is 0 Å². The summed E-state index contributed by atoms with van der Waals surface area (Å²) in [6.45, 7) is 1.43. The molecule has 0 bridgehead atoms. The van der Waals surface area contributed by atoms with Gasteiger partial charge in [-0.05, 0) is 38.6 Å². The molecule has 2 heterocycles. The summed E-state index contributed by atoms with van der Waals surface area (Å²) in [5.41, 5.74) is 5.59. The maximum atomic E-state index is 12.3. The van der Waals surface area contributed by atoms with Crippen LogP contribution in [0.1, 0.15) is 38.5 Å². The highest BCUT2D eigenvalue weighted by Gasteiger charge is 2.34. The number of hydrogen-bond acceptors (Lipinski definition) is 3. The highest BCUT2D eigenvalue weighted by atomic mass is 16.2. The van der Waals surface area contributed by atoms with Gasteiger partial charge in [0.1, 0.15) is 6.04 Å². The largest absolute Gasteiger partial charge is 0.344 e. The van der Waals surface area contributed by atoms with E-state index in [0.29, 0.717) is 19.4 Å². The minimum atomic E-state index is -0.291. The molecular formula is C12H21N3O2. The van der Waals surface area contributed by atoms with Crippen LogP contribution in [-0.2, 0) is 9.59 Å². The minimum Gasteiger partial charge on any atom is -0.344 e. The average molecular weight is 239 g/mol. The van der Waals surface area contributed by atoms with Crippen molar-refractivity contribution in [1.29, 1.82) is 0 Å². The van der Waals surface area contributed by atoms with Gasteiger partial charge in [0.15, 0.2) is 0 Å². The number of likely N-dealkylation sites (tertiary alicyclic amines) is 1. The van der Waals surface area contributed by atoms with Gasteiger partial charge in [-0.1, -0.05) is 0 Å². The van der Waals surface area contributed by atoms with Crippen molar-refractivity contribution in [3.63, 3.8) is 0 Å². The van der Waals surface area contributed by atoms with E-state index in [1.165, 1.54) is 6.42 Å². The number of nitrogens with one attached hydrogen (secondary N) is 1. The van der Waals surface area contributed by atoms with Crippen molar-refractivity contribution < 1.29 is 9.59 Å². The maximum Gasteiger partial charge on any atom is 0.245 e. The Hall–Kier alpha value is -1.10. The molecule has 2 rings (SSSR count). The molecule has 2 amide bonds. The molecule has 2 aliphatic rings. The Kier molecular flexibility index (Phi) is 3.99. The lowest BCUT2D eigenvalue weighted by Gasteiger charge is -2.37. The molecule has 0 aromatic heterocycles. The quantitative estimate of drug-likeness (QED) is 0.727. The molecule has 1 unspecified atom stereocenters. The van der Waals surface area contributed by atoms with Crippen molar-refractivity contribution in [2.75, 3.05) is 13.1 Å². The summed E-state index contributed by atoms with van der Waals surface area (Å²) < 4.78 is 0. The predicted octanol–water partition coefficient (Wildman–Crippen LogP) is -0.00510. The fraction of sp³-hybridized carbons (Fsp3) is 0.833. The first-order valence-electron chi connectivity index (χ1n) is 6.52. The lowest BCUT2D eigenvalue weighted by Crippen LogP contribution is -2.51. The van der Waals surface area contributed by atoms with E-state index in [1.807, 2.05) is 4.90 Å². The Labute approximate surface area is 102 Å². The molecule has 0 saturated carbocycles. The second-order valence-electron chi connectivity index (χ2n) is 4.92. The zero-order chi connectivity index (χ0) is 12.3. The van der Waals surface area contributed by atoms with Crippen molar-refractivity contribution in [2.45, 2.75) is 50.6 Å². The fourth-order valence-electron chi connectivity index (χ4n) is 2.78. The molecule has 5 heteroatoms. The Balaban J connectivity index is 1.98. The monoisotopic (exact) mass is 239 g/mol. The molecule has 0 radical (unpaired) electrons. The number of piperidine rings is 1. The summed E-state index contributed by atoms with van der Waals surface area (Å²) in [5.74, 6) is 0.0877. The highest BCUT2D eigenvalue weighted by Crippen LogP contribution is 2.22. The van der Waals surface area contributed by atoms with Gasteiger partial charge in [0.05, 0.1) is 0 Å². The van der Waals surface area contributed by atoms with E-state index in [2.05, 4.69) is 5.32 Å². The molecule has 0 aromatic carbocycles. The number of carbonyl (C=O) groups is 2. The smallest absolute Gasteiger partial charge is 0.245 e. The Morgan fingerprint density at radius 1 is 1.41 bits per heavy atom. The average Bonchev–Trinajstić information content (AvgIpc) is 2.76. The van der Waals surface area contributed by atoms with Crippen LogP contribution in [-0.4, -0.2) is 41.9 Å². The zero-order valence-electron chi connectivity index (χ0n) is 10.2. The molecule has 5 nitrogen and oxygen atoms in total. The van der Waals surface area contributed by atoms with Crippen molar-refractivity contribution in [3.05, 3.63) is 0 Å². The minimum absolute atomic E-state index is 0.00395. The molecule has 17 heavy (non-hydrogen) atoms. The molecule has 0 aliphatic carbocycles. The van der Waals surface area contributed by atoms with E-state index in [9.17, 15) is 9.59 Å². The SMILES string of the molecule is NCCC1CCCCN1C(=O)[C@H]1CCC(=O)N1. The molecule has 96 valence electrons. The Bertz CT molecular complexity index is 304. The molecule has 2 fully saturated rings. The third-order valence-electron chi connectivity index (χ3n) is 3.70. The van der Waals surface area contributed by atoms with Crippen molar-refractivity contribution in [1.82, 2.24) is 10.2 Å². The van der Waals surface area contributed by atoms with E-state index in [1.54, 1.807) is 0 Å². The summed E-state index contributed by atoms with van der Waals surface area (Å²) in [7, 11) is 0. The van der Waals surface area contributed by atoms with Gasteiger partial charge >= 0.3 is 0 Å². The van der Waals surface area contributed by atoms with Gasteiger partial charge in [-0.25, -0.2) is 0 Å². The summed E-state index contributed by atoms with van der Waals surface area (Å²) in [6, 6.07) is -0.0142. The normalized spacial score (nSPS) is 29.2. The molecule has 2 aliphatic heterocycles. The maximum absolute atomic E-state index is 12.3. The van der Waals surface area contributed by atoms with Crippen molar-refractivity contribution in [2.24, 2.45) is 5.73 Å². The number of carbonyl (C=O) groups excluding carboxylic acids is 2. The second-order valence-corrected chi connectivity index (χ2v) is 4.92. The van der Waals surface area contributed by atoms with Gasteiger partial charge in [0.2, 0.25) is 11.8 Å². The molecule has 0 aromatic rings. The first kappa shape index (κ1) is 12.4. The Morgan fingerprint density at radius 2 is 2.24 bits per heavy atom. The Morgan fingerprint density at radius 3 is 2.88 bits per heavy atom. The summed E-state index contributed by atoms with van der Waals surface area (Å²) >= 11 is 0. The van der Waals surface area contributed by atoms with Crippen LogP contribution in [0.4, 0.5) is 0 Å². The van der Waals surface area contributed by atoms with Crippen LogP contribution in [0.2, 0.25) is 0 Å². The van der Waals surface area contributed by atoms with Crippen molar-refractivity contribution >= 4 is 11.8 Å². The van der Waals surface area contributed by atoms with E-state index < -0.39 is 0 Å². The van der Waals surface area contributed by atoms with E-state index >= 15 is 0 Å². The third-order valence-corrected chi connectivity index (χ3v) is 3.70. The van der Waals surface area contributed by atoms with Crippen molar-refractivity contribution in [3.8, 4) is 0 Å². The van der Waals surface area contributed by atoms with Crippen LogP contribution in [0, 0.1) is 0 Å². The molecule has 2 saturated heterocycles. The second kappa shape index (κ2) is 5.49. The van der Waals surface area contributed by atoms with E-state index in [-0.39, 0.29) is 23.9 Å². The molecule has 3 N–H and O–H groups in total. The first-order valence-corrected chi connectivity index (χ1v) is 6.52. The molecule has 2 atom stereocenters.